The van der Waals surface area contributed by atoms with Crippen LogP contribution in [0.25, 0.3) is 10.9 Å². The van der Waals surface area contributed by atoms with E-state index in [1.165, 1.54) is 5.56 Å². The van der Waals surface area contributed by atoms with Gasteiger partial charge in [0.15, 0.2) is 0 Å². The highest BCUT2D eigenvalue weighted by Crippen LogP contribution is 2.33. The van der Waals surface area contributed by atoms with Gasteiger partial charge in [-0.2, -0.15) is 5.26 Å². The van der Waals surface area contributed by atoms with E-state index in [9.17, 15) is 15.2 Å². The molecule has 0 bridgehead atoms. The number of anilines is 1. The number of methoxy groups -OCH3 is 1. The minimum atomic E-state index is -0.878. The number of carboxylic acids is 1. The summed E-state index contributed by atoms with van der Waals surface area (Å²) < 4.78 is 5.34. The Hall–Kier alpha value is -3.57. The number of rotatable bonds is 5. The van der Waals surface area contributed by atoms with Gasteiger partial charge in [0.1, 0.15) is 23.7 Å². The summed E-state index contributed by atoms with van der Waals surface area (Å²) in [6.07, 6.45) is 6.01. The van der Waals surface area contributed by atoms with Crippen LogP contribution < -0.4 is 9.64 Å². The summed E-state index contributed by atoms with van der Waals surface area (Å²) in [5, 5.41) is 20.7. The Kier molecular flexibility index (Phi) is 5.65. The van der Waals surface area contributed by atoms with Gasteiger partial charge in [0, 0.05) is 54.5 Å². The molecule has 8 heteroatoms. The highest BCUT2D eigenvalue weighted by molar-refractivity contribution is 5.90. The first-order valence-corrected chi connectivity index (χ1v) is 11.4. The molecule has 1 aliphatic heterocycles. The summed E-state index contributed by atoms with van der Waals surface area (Å²) in [5.74, 6) is 0.554. The zero-order valence-electron chi connectivity index (χ0n) is 18.7. The Bertz CT molecular complexity index is 1240. The number of nitriles is 1. The fraction of sp³-hybridized carbons (Fsp3) is 0.400. The fourth-order valence-corrected chi connectivity index (χ4v) is 5.10. The first-order chi connectivity index (χ1) is 16.1. The van der Waals surface area contributed by atoms with E-state index < -0.39 is 12.0 Å². The molecular formula is C25H27N5O3. The van der Waals surface area contributed by atoms with E-state index in [0.29, 0.717) is 37.5 Å². The number of aliphatic carboxylic acids is 1. The third-order valence-corrected chi connectivity index (χ3v) is 6.83. The second-order valence-electron chi connectivity index (χ2n) is 8.70. The molecule has 1 aromatic carbocycles. The van der Waals surface area contributed by atoms with Crippen LogP contribution in [0.15, 0.2) is 30.5 Å². The lowest BCUT2D eigenvalue weighted by Gasteiger charge is -2.38. The lowest BCUT2D eigenvalue weighted by Crippen LogP contribution is -2.49. The molecule has 8 nitrogen and oxygen atoms in total. The van der Waals surface area contributed by atoms with Gasteiger partial charge in [-0.05, 0) is 55.5 Å². The summed E-state index contributed by atoms with van der Waals surface area (Å²) in [7, 11) is 1.60. The van der Waals surface area contributed by atoms with Gasteiger partial charge in [-0.25, -0.2) is 4.98 Å². The second kappa shape index (κ2) is 8.75. The van der Waals surface area contributed by atoms with Gasteiger partial charge in [0.05, 0.1) is 12.7 Å². The van der Waals surface area contributed by atoms with Crippen molar-refractivity contribution in [3.63, 3.8) is 0 Å². The highest BCUT2D eigenvalue weighted by Gasteiger charge is 2.33. The number of hydrogen-bond donors (Lipinski definition) is 2. The normalized spacial score (nSPS) is 17.4. The largest absolute Gasteiger partial charge is 0.497 e. The molecule has 33 heavy (non-hydrogen) atoms. The predicted molar refractivity (Wildman–Crippen MR) is 125 cm³/mol. The van der Waals surface area contributed by atoms with E-state index >= 15 is 0 Å². The van der Waals surface area contributed by atoms with Crippen LogP contribution in [0.3, 0.4) is 0 Å². The molecule has 1 aliphatic carbocycles. The van der Waals surface area contributed by atoms with E-state index in [1.54, 1.807) is 13.3 Å². The molecule has 1 saturated heterocycles. The van der Waals surface area contributed by atoms with Crippen molar-refractivity contribution in [2.75, 3.05) is 38.2 Å². The van der Waals surface area contributed by atoms with Crippen LogP contribution in [0, 0.1) is 11.3 Å². The van der Waals surface area contributed by atoms with E-state index in [0.717, 1.165) is 53.7 Å². The van der Waals surface area contributed by atoms with Gasteiger partial charge >= 0.3 is 5.97 Å². The first kappa shape index (κ1) is 21.3. The maximum atomic E-state index is 12.4. The number of aromatic nitrogens is 2. The van der Waals surface area contributed by atoms with Crippen LogP contribution in [-0.2, 0) is 17.6 Å². The van der Waals surface area contributed by atoms with E-state index in [2.05, 4.69) is 16.0 Å². The highest BCUT2D eigenvalue weighted by atomic mass is 16.5. The number of nitrogens with one attached hydrogen (secondary N) is 1. The maximum Gasteiger partial charge on any atom is 0.325 e. The minimum Gasteiger partial charge on any atom is -0.497 e. The average Bonchev–Trinajstić information content (AvgIpc) is 3.26. The van der Waals surface area contributed by atoms with Crippen LogP contribution in [0.2, 0.25) is 0 Å². The molecule has 2 aromatic heterocycles. The lowest BCUT2D eigenvalue weighted by molar-refractivity contribution is -0.143. The Labute approximate surface area is 192 Å². The average molecular weight is 446 g/mol. The SMILES string of the molecule is COc1ccc2[nH]cc([C@H](C(=O)O)N3CCN(c4nc5c(cc4C#N)CCCC5)CC3)c2c1. The molecule has 2 aliphatic rings. The molecule has 0 amide bonds. The summed E-state index contributed by atoms with van der Waals surface area (Å²) >= 11 is 0. The molecule has 1 atom stereocenters. The molecule has 3 aromatic rings. The number of aryl methyl sites for hydroxylation is 2. The molecule has 5 rings (SSSR count). The van der Waals surface area contributed by atoms with Crippen molar-refractivity contribution in [1.82, 2.24) is 14.9 Å². The predicted octanol–water partition coefficient (Wildman–Crippen LogP) is 3.27. The number of hydrogen-bond acceptors (Lipinski definition) is 6. The van der Waals surface area contributed by atoms with Crippen molar-refractivity contribution >= 4 is 22.7 Å². The van der Waals surface area contributed by atoms with Crippen molar-refractivity contribution in [1.29, 1.82) is 5.26 Å². The van der Waals surface area contributed by atoms with E-state index in [1.807, 2.05) is 29.2 Å². The zero-order valence-corrected chi connectivity index (χ0v) is 18.7. The number of fused-ring (bicyclic) bond motifs is 2. The zero-order chi connectivity index (χ0) is 22.9. The van der Waals surface area contributed by atoms with E-state index in [-0.39, 0.29) is 0 Å². The van der Waals surface area contributed by atoms with Crippen LogP contribution >= 0.6 is 0 Å². The van der Waals surface area contributed by atoms with Gasteiger partial charge in [0.2, 0.25) is 0 Å². The van der Waals surface area contributed by atoms with Crippen molar-refractivity contribution < 1.29 is 14.6 Å². The second-order valence-corrected chi connectivity index (χ2v) is 8.70. The molecule has 1 fully saturated rings. The molecule has 170 valence electrons. The molecule has 0 spiro atoms. The number of piperazine rings is 1. The van der Waals surface area contributed by atoms with Crippen LogP contribution in [0.1, 0.15) is 41.3 Å². The lowest BCUT2D eigenvalue weighted by atomic mass is 9.94. The Morgan fingerprint density at radius 3 is 2.73 bits per heavy atom. The van der Waals surface area contributed by atoms with Crippen molar-refractivity contribution in [3.8, 4) is 11.8 Å². The number of ether oxygens (including phenoxy) is 1. The fourth-order valence-electron chi connectivity index (χ4n) is 5.10. The van der Waals surface area contributed by atoms with Crippen LogP contribution in [0.4, 0.5) is 5.82 Å². The standard InChI is InChI=1S/C25H27N5O3/c1-33-18-6-7-22-19(13-18)20(15-27-22)23(25(31)32)29-8-10-30(11-9-29)24-17(14-26)12-16-4-2-3-5-21(16)28-24/h6-7,12-13,15,23,27H,2-5,8-11H2,1H3,(H,31,32)/t23-/m1/s1. The van der Waals surface area contributed by atoms with Gasteiger partial charge in [-0.3, -0.25) is 9.69 Å². The summed E-state index contributed by atoms with van der Waals surface area (Å²) in [6.45, 7) is 2.38. The van der Waals surface area contributed by atoms with Gasteiger partial charge in [-0.1, -0.05) is 0 Å². The van der Waals surface area contributed by atoms with Crippen molar-refractivity contribution in [3.05, 3.63) is 52.8 Å². The van der Waals surface area contributed by atoms with Crippen molar-refractivity contribution in [2.24, 2.45) is 0 Å². The number of benzene rings is 1. The maximum absolute atomic E-state index is 12.4. The number of carbonyl (C=O) groups is 1. The Balaban J connectivity index is 1.39. The topological polar surface area (TPSA) is 105 Å². The van der Waals surface area contributed by atoms with Crippen LogP contribution in [-0.4, -0.2) is 59.2 Å². The number of H-pyrrole nitrogens is 1. The summed E-state index contributed by atoms with van der Waals surface area (Å²) in [4.78, 5) is 24.5. The molecule has 0 unspecified atom stereocenters. The third-order valence-electron chi connectivity index (χ3n) is 6.83. The first-order valence-electron chi connectivity index (χ1n) is 11.4. The number of nitrogens with zero attached hydrogens (tertiary/aromatic N) is 4. The third kappa shape index (κ3) is 3.89. The van der Waals surface area contributed by atoms with Gasteiger partial charge < -0.3 is 19.7 Å². The van der Waals surface area contributed by atoms with E-state index in [4.69, 9.17) is 9.72 Å². The van der Waals surface area contributed by atoms with Crippen molar-refractivity contribution in [2.45, 2.75) is 31.7 Å². The van der Waals surface area contributed by atoms with Crippen LogP contribution in [0.5, 0.6) is 5.75 Å². The number of aromatic amines is 1. The molecule has 0 radical (unpaired) electrons. The molecular weight excluding hydrogens is 418 g/mol. The summed E-state index contributed by atoms with van der Waals surface area (Å²) in [6, 6.07) is 9.20. The smallest absolute Gasteiger partial charge is 0.325 e. The van der Waals surface area contributed by atoms with Gasteiger partial charge in [-0.15, -0.1) is 0 Å². The number of pyridine rings is 1. The van der Waals surface area contributed by atoms with Gasteiger partial charge in [0.25, 0.3) is 0 Å². The Morgan fingerprint density at radius 1 is 1.21 bits per heavy atom. The molecule has 0 saturated carbocycles. The molecule has 3 heterocycles. The number of carboxylic acid groups (broad SMARTS) is 1. The monoisotopic (exact) mass is 445 g/mol. The summed E-state index contributed by atoms with van der Waals surface area (Å²) in [5.41, 5.74) is 4.53. The molecule has 2 N–H and O–H groups in total. The quantitative estimate of drug-likeness (QED) is 0.621. The minimum absolute atomic E-state index is 0.567. The Morgan fingerprint density at radius 2 is 2.00 bits per heavy atom.